The van der Waals surface area contributed by atoms with Crippen molar-refractivity contribution in [1.82, 2.24) is 0 Å². The summed E-state index contributed by atoms with van der Waals surface area (Å²) in [6, 6.07) is 5.47. The topological polar surface area (TPSA) is 73.6 Å². The van der Waals surface area contributed by atoms with E-state index in [0.29, 0.717) is 31.9 Å². The lowest BCUT2D eigenvalue weighted by atomic mass is 10.0. The van der Waals surface area contributed by atoms with Crippen LogP contribution in [0, 0.1) is 5.92 Å². The first-order valence-corrected chi connectivity index (χ1v) is 7.12. The van der Waals surface area contributed by atoms with E-state index in [2.05, 4.69) is 5.32 Å². The Morgan fingerprint density at radius 3 is 2.80 bits per heavy atom. The lowest BCUT2D eigenvalue weighted by Gasteiger charge is -2.13. The molecule has 1 aliphatic rings. The molecule has 0 radical (unpaired) electrons. The van der Waals surface area contributed by atoms with E-state index in [1.165, 1.54) is 0 Å². The van der Waals surface area contributed by atoms with Gasteiger partial charge in [0.25, 0.3) is 0 Å². The standard InChI is InChI=1S/C15H22N2O3/c1-2-11(10-16)8-15(18)17-12-4-5-13-14(9-12)20-7-3-6-19-13/h4-5,9,11H,2-3,6-8,10,16H2,1H3,(H,17,18). The second-order valence-corrected chi connectivity index (χ2v) is 4.97. The van der Waals surface area contributed by atoms with E-state index < -0.39 is 0 Å². The number of hydrogen-bond donors (Lipinski definition) is 2. The molecular formula is C15H22N2O3. The highest BCUT2D eigenvalue weighted by Crippen LogP contribution is 2.32. The van der Waals surface area contributed by atoms with Gasteiger partial charge >= 0.3 is 0 Å². The van der Waals surface area contributed by atoms with Crippen molar-refractivity contribution in [2.75, 3.05) is 25.1 Å². The van der Waals surface area contributed by atoms with Gasteiger partial charge in [-0.25, -0.2) is 0 Å². The van der Waals surface area contributed by atoms with Crippen LogP contribution in [-0.4, -0.2) is 25.7 Å². The number of hydrogen-bond acceptors (Lipinski definition) is 4. The summed E-state index contributed by atoms with van der Waals surface area (Å²) in [5.74, 6) is 1.63. The van der Waals surface area contributed by atoms with E-state index in [0.717, 1.165) is 24.3 Å². The average Bonchev–Trinajstić information content (AvgIpc) is 2.69. The summed E-state index contributed by atoms with van der Waals surface area (Å²) >= 11 is 0. The molecule has 0 aromatic heterocycles. The van der Waals surface area contributed by atoms with Crippen LogP contribution in [0.15, 0.2) is 18.2 Å². The first-order valence-electron chi connectivity index (χ1n) is 7.12. The SMILES string of the molecule is CCC(CN)CC(=O)Nc1ccc2c(c1)OCCCO2. The molecule has 0 fully saturated rings. The third kappa shape index (κ3) is 3.87. The Labute approximate surface area is 119 Å². The van der Waals surface area contributed by atoms with Gasteiger partial charge in [-0.3, -0.25) is 4.79 Å². The lowest BCUT2D eigenvalue weighted by molar-refractivity contribution is -0.117. The van der Waals surface area contributed by atoms with Crippen LogP contribution < -0.4 is 20.5 Å². The van der Waals surface area contributed by atoms with E-state index in [-0.39, 0.29) is 11.8 Å². The van der Waals surface area contributed by atoms with Gasteiger partial charge in [0, 0.05) is 24.6 Å². The number of carbonyl (C=O) groups excluding carboxylic acids is 1. The molecule has 20 heavy (non-hydrogen) atoms. The van der Waals surface area contributed by atoms with Gasteiger partial charge in [0.1, 0.15) is 0 Å². The molecule has 3 N–H and O–H groups in total. The van der Waals surface area contributed by atoms with Crippen LogP contribution >= 0.6 is 0 Å². The zero-order valence-corrected chi connectivity index (χ0v) is 11.9. The van der Waals surface area contributed by atoms with Crippen molar-refractivity contribution in [2.24, 2.45) is 11.7 Å². The molecule has 1 unspecified atom stereocenters. The fourth-order valence-corrected chi connectivity index (χ4v) is 2.11. The minimum absolute atomic E-state index is 0.0169. The summed E-state index contributed by atoms with van der Waals surface area (Å²) in [6.07, 6.45) is 2.22. The molecule has 1 amide bonds. The monoisotopic (exact) mass is 278 g/mol. The molecular weight excluding hydrogens is 256 g/mol. The predicted octanol–water partition coefficient (Wildman–Crippen LogP) is 2.16. The number of nitrogens with two attached hydrogens (primary N) is 1. The van der Waals surface area contributed by atoms with Gasteiger partial charge in [-0.1, -0.05) is 13.3 Å². The second-order valence-electron chi connectivity index (χ2n) is 4.97. The Kier molecular flexibility index (Phi) is 5.24. The molecule has 5 nitrogen and oxygen atoms in total. The highest BCUT2D eigenvalue weighted by Gasteiger charge is 2.14. The normalized spacial score (nSPS) is 15.3. The Balaban J connectivity index is 1.99. The second kappa shape index (κ2) is 7.14. The highest BCUT2D eigenvalue weighted by atomic mass is 16.5. The van der Waals surface area contributed by atoms with E-state index >= 15 is 0 Å². The van der Waals surface area contributed by atoms with Crippen molar-refractivity contribution in [1.29, 1.82) is 0 Å². The molecule has 0 spiro atoms. The summed E-state index contributed by atoms with van der Waals surface area (Å²) in [4.78, 5) is 11.9. The van der Waals surface area contributed by atoms with Crippen LogP contribution in [0.25, 0.3) is 0 Å². The number of nitrogens with one attached hydrogen (secondary N) is 1. The van der Waals surface area contributed by atoms with E-state index in [1.807, 2.05) is 25.1 Å². The van der Waals surface area contributed by atoms with E-state index in [4.69, 9.17) is 15.2 Å². The first-order chi connectivity index (χ1) is 9.72. The predicted molar refractivity (Wildman–Crippen MR) is 78.1 cm³/mol. The van der Waals surface area contributed by atoms with E-state index in [1.54, 1.807) is 0 Å². The number of fused-ring (bicyclic) bond motifs is 1. The van der Waals surface area contributed by atoms with Gasteiger partial charge < -0.3 is 20.5 Å². The van der Waals surface area contributed by atoms with Crippen molar-refractivity contribution in [3.8, 4) is 11.5 Å². The zero-order valence-electron chi connectivity index (χ0n) is 11.9. The third-order valence-electron chi connectivity index (χ3n) is 3.42. The van der Waals surface area contributed by atoms with Crippen molar-refractivity contribution < 1.29 is 14.3 Å². The molecule has 110 valence electrons. The van der Waals surface area contributed by atoms with Crippen molar-refractivity contribution in [3.05, 3.63) is 18.2 Å². The summed E-state index contributed by atoms with van der Waals surface area (Å²) in [7, 11) is 0. The molecule has 1 heterocycles. The molecule has 0 saturated carbocycles. The number of anilines is 1. The fraction of sp³-hybridized carbons (Fsp3) is 0.533. The van der Waals surface area contributed by atoms with Crippen molar-refractivity contribution in [3.63, 3.8) is 0 Å². The van der Waals surface area contributed by atoms with Crippen molar-refractivity contribution >= 4 is 11.6 Å². The van der Waals surface area contributed by atoms with Gasteiger partial charge in [0.2, 0.25) is 5.91 Å². The number of benzene rings is 1. The largest absolute Gasteiger partial charge is 0.490 e. The molecule has 0 aliphatic carbocycles. The minimum atomic E-state index is -0.0169. The Morgan fingerprint density at radius 2 is 2.10 bits per heavy atom. The zero-order chi connectivity index (χ0) is 14.4. The molecule has 1 atom stereocenters. The maximum Gasteiger partial charge on any atom is 0.224 e. The highest BCUT2D eigenvalue weighted by molar-refractivity contribution is 5.91. The molecule has 1 aromatic rings. The molecule has 1 aliphatic heterocycles. The lowest BCUT2D eigenvalue weighted by Crippen LogP contribution is -2.21. The summed E-state index contributed by atoms with van der Waals surface area (Å²) < 4.78 is 11.2. The number of rotatable bonds is 5. The third-order valence-corrected chi connectivity index (χ3v) is 3.42. The molecule has 1 aromatic carbocycles. The maximum absolute atomic E-state index is 11.9. The van der Waals surface area contributed by atoms with Crippen LogP contribution in [0.1, 0.15) is 26.2 Å². The number of carbonyl (C=O) groups is 1. The van der Waals surface area contributed by atoms with Gasteiger partial charge in [-0.2, -0.15) is 0 Å². The average molecular weight is 278 g/mol. The molecule has 2 rings (SSSR count). The van der Waals surface area contributed by atoms with Crippen LogP contribution in [0.3, 0.4) is 0 Å². The summed E-state index contributed by atoms with van der Waals surface area (Å²) in [5, 5.41) is 2.88. The molecule has 0 saturated heterocycles. The van der Waals surface area contributed by atoms with Crippen LogP contribution in [0.2, 0.25) is 0 Å². The van der Waals surface area contributed by atoms with Gasteiger partial charge in [-0.05, 0) is 24.6 Å². The van der Waals surface area contributed by atoms with Crippen LogP contribution in [0.5, 0.6) is 11.5 Å². The Bertz CT molecular complexity index is 458. The molecule has 0 bridgehead atoms. The van der Waals surface area contributed by atoms with Gasteiger partial charge in [-0.15, -0.1) is 0 Å². The fourth-order valence-electron chi connectivity index (χ4n) is 2.11. The first kappa shape index (κ1) is 14.7. The summed E-state index contributed by atoms with van der Waals surface area (Å²) in [6.45, 7) is 3.87. The smallest absolute Gasteiger partial charge is 0.224 e. The number of amides is 1. The summed E-state index contributed by atoms with van der Waals surface area (Å²) in [5.41, 5.74) is 6.34. The van der Waals surface area contributed by atoms with E-state index in [9.17, 15) is 4.79 Å². The van der Waals surface area contributed by atoms with Crippen molar-refractivity contribution in [2.45, 2.75) is 26.2 Å². The molecule has 5 heteroatoms. The van der Waals surface area contributed by atoms with Gasteiger partial charge in [0.05, 0.1) is 13.2 Å². The maximum atomic E-state index is 11.9. The van der Waals surface area contributed by atoms with Crippen LogP contribution in [-0.2, 0) is 4.79 Å². The Hall–Kier alpha value is -1.75. The van der Waals surface area contributed by atoms with Gasteiger partial charge in [0.15, 0.2) is 11.5 Å². The Morgan fingerprint density at radius 1 is 1.35 bits per heavy atom. The minimum Gasteiger partial charge on any atom is -0.490 e. The number of ether oxygens (including phenoxy) is 2. The van der Waals surface area contributed by atoms with Crippen LogP contribution in [0.4, 0.5) is 5.69 Å². The quantitative estimate of drug-likeness (QED) is 0.865.